The topological polar surface area (TPSA) is 54.6 Å². The summed E-state index contributed by atoms with van der Waals surface area (Å²) in [7, 11) is 1.51. The lowest BCUT2D eigenvalue weighted by Gasteiger charge is -2.01. The highest BCUT2D eigenvalue weighted by atomic mass is 16.3. The SMILES string of the molecule is C[N]C(O)CCO. The Morgan fingerprint density at radius 2 is 2.29 bits per heavy atom. The molecule has 43 valence electrons. The molecule has 0 aliphatic carbocycles. The normalized spacial score (nSPS) is 14.1. The van der Waals surface area contributed by atoms with Crippen LogP contribution in [0, 0.1) is 0 Å². The Labute approximate surface area is 43.0 Å². The van der Waals surface area contributed by atoms with Gasteiger partial charge in [0, 0.05) is 20.1 Å². The van der Waals surface area contributed by atoms with Gasteiger partial charge in [-0.1, -0.05) is 0 Å². The highest BCUT2D eigenvalue weighted by Gasteiger charge is 1.95. The molecular weight excluding hydrogens is 94.0 g/mol. The van der Waals surface area contributed by atoms with Gasteiger partial charge < -0.3 is 10.2 Å². The molecule has 7 heavy (non-hydrogen) atoms. The molecule has 0 spiro atoms. The minimum absolute atomic E-state index is 0.00148. The van der Waals surface area contributed by atoms with E-state index < -0.39 is 6.23 Å². The Balaban J connectivity index is 2.83. The van der Waals surface area contributed by atoms with Crippen molar-refractivity contribution in [2.24, 2.45) is 0 Å². The highest BCUT2D eigenvalue weighted by Crippen LogP contribution is 1.81. The zero-order valence-corrected chi connectivity index (χ0v) is 4.33. The molecule has 0 aromatic heterocycles. The molecule has 0 aromatic carbocycles. The molecule has 0 saturated carbocycles. The first kappa shape index (κ1) is 6.88. The second-order valence-electron chi connectivity index (χ2n) is 1.25. The summed E-state index contributed by atoms with van der Waals surface area (Å²) >= 11 is 0. The summed E-state index contributed by atoms with van der Waals surface area (Å²) in [6.07, 6.45) is -0.332. The van der Waals surface area contributed by atoms with Crippen LogP contribution in [0.15, 0.2) is 0 Å². The first-order valence-electron chi connectivity index (χ1n) is 2.19. The van der Waals surface area contributed by atoms with Crippen LogP contribution in [-0.4, -0.2) is 30.1 Å². The number of aliphatic hydroxyl groups excluding tert-OH is 2. The smallest absolute Gasteiger partial charge is 0.122 e. The highest BCUT2D eigenvalue weighted by molar-refractivity contribution is 4.43. The molecule has 0 aromatic rings. The molecule has 0 fully saturated rings. The molecular formula is C4H10NO2. The van der Waals surface area contributed by atoms with Crippen molar-refractivity contribution in [3.05, 3.63) is 0 Å². The average Bonchev–Trinajstić information content (AvgIpc) is 1.68. The minimum atomic E-state index is -0.676. The second kappa shape index (κ2) is 4.05. The molecule has 1 atom stereocenters. The van der Waals surface area contributed by atoms with Crippen molar-refractivity contribution < 1.29 is 10.2 Å². The standard InChI is InChI=1S/C4H10NO2/c1-5-4(7)2-3-6/h4,6-7H,2-3H2,1H3. The summed E-state index contributed by atoms with van der Waals surface area (Å²) in [4.78, 5) is 0. The molecule has 0 heterocycles. The molecule has 0 saturated heterocycles. The number of hydrogen-bond donors (Lipinski definition) is 2. The van der Waals surface area contributed by atoms with Gasteiger partial charge in [-0.05, 0) is 0 Å². The molecule has 0 amide bonds. The Morgan fingerprint density at radius 3 is 2.43 bits per heavy atom. The van der Waals surface area contributed by atoms with E-state index in [-0.39, 0.29) is 6.61 Å². The van der Waals surface area contributed by atoms with Crippen LogP contribution in [0.1, 0.15) is 6.42 Å². The van der Waals surface area contributed by atoms with Gasteiger partial charge in [-0.3, -0.25) is 0 Å². The van der Waals surface area contributed by atoms with E-state index in [9.17, 15) is 0 Å². The maximum atomic E-state index is 8.53. The predicted molar refractivity (Wildman–Crippen MR) is 25.8 cm³/mol. The van der Waals surface area contributed by atoms with Gasteiger partial charge in [-0.15, -0.1) is 0 Å². The lowest BCUT2D eigenvalue weighted by atomic mass is 10.4. The molecule has 3 nitrogen and oxygen atoms in total. The summed E-state index contributed by atoms with van der Waals surface area (Å²) in [5.74, 6) is 0. The summed E-state index contributed by atoms with van der Waals surface area (Å²) in [6.45, 7) is -0.00148. The summed E-state index contributed by atoms with van der Waals surface area (Å²) in [5, 5.41) is 20.2. The number of hydrogen-bond acceptors (Lipinski definition) is 2. The van der Waals surface area contributed by atoms with E-state index in [0.717, 1.165) is 0 Å². The quantitative estimate of drug-likeness (QED) is 0.478. The first-order chi connectivity index (χ1) is 3.31. The van der Waals surface area contributed by atoms with E-state index in [1.54, 1.807) is 0 Å². The van der Waals surface area contributed by atoms with Crippen molar-refractivity contribution in [1.29, 1.82) is 0 Å². The third-order valence-electron chi connectivity index (χ3n) is 0.685. The maximum Gasteiger partial charge on any atom is 0.122 e. The van der Waals surface area contributed by atoms with E-state index >= 15 is 0 Å². The fourth-order valence-corrected chi connectivity index (χ4v) is 0.245. The number of nitrogens with zero attached hydrogens (tertiary/aromatic N) is 1. The Bertz CT molecular complexity index is 40.7. The van der Waals surface area contributed by atoms with Gasteiger partial charge in [0.15, 0.2) is 0 Å². The molecule has 0 aliphatic heterocycles. The largest absolute Gasteiger partial charge is 0.396 e. The van der Waals surface area contributed by atoms with Crippen molar-refractivity contribution in [3.8, 4) is 0 Å². The first-order valence-corrected chi connectivity index (χ1v) is 2.19. The second-order valence-corrected chi connectivity index (χ2v) is 1.25. The van der Waals surface area contributed by atoms with Crippen LogP contribution in [0.2, 0.25) is 0 Å². The van der Waals surface area contributed by atoms with Gasteiger partial charge in [0.2, 0.25) is 0 Å². The van der Waals surface area contributed by atoms with E-state index in [1.165, 1.54) is 7.05 Å². The van der Waals surface area contributed by atoms with Crippen LogP contribution in [0.5, 0.6) is 0 Å². The summed E-state index contributed by atoms with van der Waals surface area (Å²) in [5.41, 5.74) is 0. The predicted octanol–water partition coefficient (Wildman–Crippen LogP) is -1.08. The third kappa shape index (κ3) is 3.72. The molecule has 2 N–H and O–H groups in total. The van der Waals surface area contributed by atoms with Crippen LogP contribution in [0.4, 0.5) is 0 Å². The van der Waals surface area contributed by atoms with Crippen molar-refractivity contribution in [2.75, 3.05) is 13.7 Å². The van der Waals surface area contributed by atoms with Crippen LogP contribution in [0.3, 0.4) is 0 Å². The van der Waals surface area contributed by atoms with E-state index in [1.807, 2.05) is 0 Å². The van der Waals surface area contributed by atoms with Crippen molar-refractivity contribution in [2.45, 2.75) is 12.6 Å². The van der Waals surface area contributed by atoms with Gasteiger partial charge in [-0.2, -0.15) is 0 Å². The van der Waals surface area contributed by atoms with Crippen molar-refractivity contribution in [3.63, 3.8) is 0 Å². The fourth-order valence-electron chi connectivity index (χ4n) is 0.245. The lowest BCUT2D eigenvalue weighted by Crippen LogP contribution is -2.18. The van der Waals surface area contributed by atoms with Gasteiger partial charge >= 0.3 is 0 Å². The van der Waals surface area contributed by atoms with Crippen LogP contribution < -0.4 is 5.32 Å². The van der Waals surface area contributed by atoms with E-state index in [0.29, 0.717) is 6.42 Å². The van der Waals surface area contributed by atoms with Gasteiger partial charge in [-0.25, -0.2) is 5.32 Å². The molecule has 0 bridgehead atoms. The maximum absolute atomic E-state index is 8.53. The Morgan fingerprint density at radius 1 is 1.71 bits per heavy atom. The summed E-state index contributed by atoms with van der Waals surface area (Å²) in [6, 6.07) is 0. The molecule has 3 heteroatoms. The zero-order valence-electron chi connectivity index (χ0n) is 4.33. The van der Waals surface area contributed by atoms with Crippen molar-refractivity contribution in [1.82, 2.24) is 5.32 Å². The molecule has 1 unspecified atom stereocenters. The van der Waals surface area contributed by atoms with Gasteiger partial charge in [0.25, 0.3) is 0 Å². The van der Waals surface area contributed by atoms with Crippen molar-refractivity contribution >= 4 is 0 Å². The van der Waals surface area contributed by atoms with Crippen LogP contribution in [-0.2, 0) is 0 Å². The minimum Gasteiger partial charge on any atom is -0.396 e. The summed E-state index contributed by atoms with van der Waals surface area (Å²) < 4.78 is 0. The van der Waals surface area contributed by atoms with Crippen LogP contribution >= 0.6 is 0 Å². The van der Waals surface area contributed by atoms with Gasteiger partial charge in [0.05, 0.1) is 0 Å². The average molecular weight is 104 g/mol. The zero-order chi connectivity index (χ0) is 5.70. The van der Waals surface area contributed by atoms with E-state index in [2.05, 4.69) is 5.32 Å². The monoisotopic (exact) mass is 104 g/mol. The fraction of sp³-hybridized carbons (Fsp3) is 1.00. The molecule has 0 rings (SSSR count). The molecule has 1 radical (unpaired) electrons. The Hall–Kier alpha value is -0.120. The van der Waals surface area contributed by atoms with Crippen LogP contribution in [0.25, 0.3) is 0 Å². The molecule has 0 aliphatic rings. The third-order valence-corrected chi connectivity index (χ3v) is 0.685. The van der Waals surface area contributed by atoms with Gasteiger partial charge in [0.1, 0.15) is 6.23 Å². The Kier molecular flexibility index (Phi) is 3.98. The number of aliphatic hydroxyl groups is 2. The van der Waals surface area contributed by atoms with E-state index in [4.69, 9.17) is 10.2 Å². The number of rotatable bonds is 3. The lowest BCUT2D eigenvalue weighted by molar-refractivity contribution is 0.107.